The van der Waals surface area contributed by atoms with Crippen LogP contribution in [0, 0.1) is 0 Å². The highest BCUT2D eigenvalue weighted by Crippen LogP contribution is 2.28. The van der Waals surface area contributed by atoms with Gasteiger partial charge < -0.3 is 9.84 Å². The first-order chi connectivity index (χ1) is 6.60. The minimum atomic E-state index is -0.745. The highest BCUT2D eigenvalue weighted by Gasteiger charge is 2.42. The summed E-state index contributed by atoms with van der Waals surface area (Å²) in [5.74, 6) is 0.820. The van der Waals surface area contributed by atoms with Crippen molar-refractivity contribution in [2.45, 2.75) is 24.9 Å². The van der Waals surface area contributed by atoms with E-state index in [0.29, 0.717) is 18.8 Å². The first-order valence-corrected chi connectivity index (χ1v) is 5.84. The van der Waals surface area contributed by atoms with Crippen molar-refractivity contribution in [2.75, 3.05) is 25.2 Å². The monoisotopic (exact) mass is 219 g/mol. The molecule has 1 saturated heterocycles. The predicted molar refractivity (Wildman–Crippen MR) is 56.8 cm³/mol. The Hall–Kier alpha value is -0.260. The van der Waals surface area contributed by atoms with Crippen LogP contribution >= 0.6 is 11.8 Å². The van der Waals surface area contributed by atoms with E-state index in [1.807, 2.05) is 6.92 Å². The van der Waals surface area contributed by atoms with Crippen molar-refractivity contribution in [3.05, 3.63) is 0 Å². The van der Waals surface area contributed by atoms with Gasteiger partial charge in [0.15, 0.2) is 0 Å². The van der Waals surface area contributed by atoms with Gasteiger partial charge in [-0.3, -0.25) is 10.1 Å². The quantitative estimate of drug-likeness (QED) is 0.708. The van der Waals surface area contributed by atoms with Gasteiger partial charge in [0.25, 0.3) is 0 Å². The summed E-state index contributed by atoms with van der Waals surface area (Å²) in [5.41, 5.74) is -0.734. The van der Waals surface area contributed by atoms with Gasteiger partial charge in [0.2, 0.25) is 0 Å². The molecule has 14 heavy (non-hydrogen) atoms. The van der Waals surface area contributed by atoms with Crippen molar-refractivity contribution in [3.63, 3.8) is 0 Å². The molecule has 2 atom stereocenters. The van der Waals surface area contributed by atoms with Gasteiger partial charge >= 0.3 is 5.97 Å². The molecule has 82 valence electrons. The third-order valence-corrected chi connectivity index (χ3v) is 3.56. The maximum absolute atomic E-state index is 11.1. The molecule has 0 bridgehead atoms. The SMILES string of the molecule is COCC(C)NC1(C(=O)O)CCSC1. The summed E-state index contributed by atoms with van der Waals surface area (Å²) in [7, 11) is 1.62. The van der Waals surface area contributed by atoms with E-state index in [0.717, 1.165) is 5.75 Å². The van der Waals surface area contributed by atoms with Crippen LogP contribution in [0.3, 0.4) is 0 Å². The first kappa shape index (κ1) is 11.8. The van der Waals surface area contributed by atoms with E-state index in [1.54, 1.807) is 18.9 Å². The van der Waals surface area contributed by atoms with Crippen LogP contribution < -0.4 is 5.32 Å². The third-order valence-electron chi connectivity index (χ3n) is 2.37. The number of hydrogen-bond donors (Lipinski definition) is 2. The van der Waals surface area contributed by atoms with Crippen LogP contribution in [0.2, 0.25) is 0 Å². The van der Waals surface area contributed by atoms with Crippen LogP contribution in [0.15, 0.2) is 0 Å². The molecular weight excluding hydrogens is 202 g/mol. The minimum absolute atomic E-state index is 0.0785. The number of aliphatic carboxylic acids is 1. The summed E-state index contributed by atoms with van der Waals surface area (Å²) >= 11 is 1.69. The molecule has 2 unspecified atom stereocenters. The zero-order valence-corrected chi connectivity index (χ0v) is 9.39. The van der Waals surface area contributed by atoms with Crippen LogP contribution in [0.1, 0.15) is 13.3 Å². The zero-order chi connectivity index (χ0) is 10.6. The van der Waals surface area contributed by atoms with Gasteiger partial charge in [-0.05, 0) is 19.1 Å². The molecule has 2 N–H and O–H groups in total. The van der Waals surface area contributed by atoms with Crippen LogP contribution in [-0.2, 0) is 9.53 Å². The van der Waals surface area contributed by atoms with Gasteiger partial charge in [0.05, 0.1) is 6.61 Å². The van der Waals surface area contributed by atoms with E-state index in [1.165, 1.54) is 0 Å². The molecule has 0 aromatic rings. The second-order valence-corrected chi connectivity index (χ2v) is 4.80. The standard InChI is InChI=1S/C9H17NO3S/c1-7(5-13-2)10-9(8(11)12)3-4-14-6-9/h7,10H,3-6H2,1-2H3,(H,11,12). The fourth-order valence-corrected chi connectivity index (χ4v) is 3.01. The zero-order valence-electron chi connectivity index (χ0n) is 8.58. The van der Waals surface area contributed by atoms with E-state index in [4.69, 9.17) is 9.84 Å². The third kappa shape index (κ3) is 2.62. The van der Waals surface area contributed by atoms with Crippen molar-refractivity contribution >= 4 is 17.7 Å². The van der Waals surface area contributed by atoms with E-state index >= 15 is 0 Å². The Balaban J connectivity index is 2.55. The molecule has 0 saturated carbocycles. The molecule has 1 fully saturated rings. The fourth-order valence-electron chi connectivity index (χ4n) is 1.67. The summed E-state index contributed by atoms with van der Waals surface area (Å²) in [6.07, 6.45) is 0.695. The number of hydrogen-bond acceptors (Lipinski definition) is 4. The molecule has 1 heterocycles. The average molecular weight is 219 g/mol. The van der Waals surface area contributed by atoms with E-state index in [2.05, 4.69) is 5.32 Å². The number of carbonyl (C=O) groups is 1. The lowest BCUT2D eigenvalue weighted by Crippen LogP contribution is -2.56. The molecule has 0 radical (unpaired) electrons. The lowest BCUT2D eigenvalue weighted by atomic mass is 9.98. The first-order valence-electron chi connectivity index (χ1n) is 4.68. The lowest BCUT2D eigenvalue weighted by Gasteiger charge is -2.28. The van der Waals surface area contributed by atoms with Crippen molar-refractivity contribution in [3.8, 4) is 0 Å². The number of carboxylic acid groups (broad SMARTS) is 1. The Morgan fingerprint density at radius 2 is 2.50 bits per heavy atom. The van der Waals surface area contributed by atoms with Crippen molar-refractivity contribution in [2.24, 2.45) is 0 Å². The topological polar surface area (TPSA) is 58.6 Å². The number of rotatable bonds is 5. The summed E-state index contributed by atoms with van der Waals surface area (Å²) in [6, 6.07) is 0.0785. The molecule has 1 rings (SSSR count). The number of ether oxygens (including phenoxy) is 1. The second kappa shape index (κ2) is 5.00. The Morgan fingerprint density at radius 3 is 2.93 bits per heavy atom. The molecule has 0 aliphatic carbocycles. The average Bonchev–Trinajstić information content (AvgIpc) is 2.54. The second-order valence-electron chi connectivity index (χ2n) is 3.69. The Morgan fingerprint density at radius 1 is 1.79 bits per heavy atom. The molecule has 1 aliphatic heterocycles. The number of methoxy groups -OCH3 is 1. The number of thioether (sulfide) groups is 1. The number of carboxylic acids is 1. The Kier molecular flexibility index (Phi) is 4.22. The van der Waals surface area contributed by atoms with Crippen molar-refractivity contribution in [1.29, 1.82) is 0 Å². The molecule has 0 spiro atoms. The maximum Gasteiger partial charge on any atom is 0.324 e. The van der Waals surface area contributed by atoms with Crippen LogP contribution in [-0.4, -0.2) is 47.9 Å². The normalized spacial score (nSPS) is 29.0. The van der Waals surface area contributed by atoms with Gasteiger partial charge in [-0.15, -0.1) is 0 Å². The van der Waals surface area contributed by atoms with E-state index in [-0.39, 0.29) is 6.04 Å². The molecule has 5 heteroatoms. The van der Waals surface area contributed by atoms with Crippen molar-refractivity contribution < 1.29 is 14.6 Å². The van der Waals surface area contributed by atoms with Crippen LogP contribution in [0.4, 0.5) is 0 Å². The molecule has 0 aromatic heterocycles. The van der Waals surface area contributed by atoms with Crippen molar-refractivity contribution in [1.82, 2.24) is 5.32 Å². The van der Waals surface area contributed by atoms with Gasteiger partial charge in [-0.1, -0.05) is 0 Å². The molecule has 0 amide bonds. The summed E-state index contributed by atoms with van der Waals surface area (Å²) in [6.45, 7) is 2.48. The number of nitrogens with one attached hydrogen (secondary N) is 1. The minimum Gasteiger partial charge on any atom is -0.480 e. The van der Waals surface area contributed by atoms with Crippen LogP contribution in [0.5, 0.6) is 0 Å². The largest absolute Gasteiger partial charge is 0.480 e. The summed E-state index contributed by atoms with van der Waals surface area (Å²) in [5, 5.41) is 12.3. The van der Waals surface area contributed by atoms with Gasteiger partial charge in [-0.25, -0.2) is 0 Å². The predicted octanol–water partition coefficient (Wildman–Crippen LogP) is 0.571. The van der Waals surface area contributed by atoms with Gasteiger partial charge in [0.1, 0.15) is 5.54 Å². The molecule has 0 aromatic carbocycles. The fraction of sp³-hybridized carbons (Fsp3) is 0.889. The smallest absolute Gasteiger partial charge is 0.324 e. The summed E-state index contributed by atoms with van der Waals surface area (Å²) < 4.78 is 4.98. The molecule has 4 nitrogen and oxygen atoms in total. The lowest BCUT2D eigenvalue weighted by molar-refractivity contribution is -0.144. The molecule has 1 aliphatic rings. The summed E-state index contributed by atoms with van der Waals surface area (Å²) in [4.78, 5) is 11.1. The van der Waals surface area contributed by atoms with E-state index in [9.17, 15) is 4.79 Å². The highest BCUT2D eigenvalue weighted by atomic mass is 32.2. The maximum atomic E-state index is 11.1. The van der Waals surface area contributed by atoms with Gasteiger partial charge in [0, 0.05) is 18.9 Å². The van der Waals surface area contributed by atoms with Crippen LogP contribution in [0.25, 0.3) is 0 Å². The van der Waals surface area contributed by atoms with Gasteiger partial charge in [-0.2, -0.15) is 11.8 Å². The molecular formula is C9H17NO3S. The Labute approximate surface area is 88.4 Å². The Bertz CT molecular complexity index is 204. The highest BCUT2D eigenvalue weighted by molar-refractivity contribution is 7.99. The van der Waals surface area contributed by atoms with E-state index < -0.39 is 11.5 Å².